The Hall–Kier alpha value is -3.64. The van der Waals surface area contributed by atoms with Crippen LogP contribution in [0.5, 0.6) is 0 Å². The second-order valence-corrected chi connectivity index (χ2v) is 8.16. The van der Waals surface area contributed by atoms with E-state index in [2.05, 4.69) is 17.4 Å². The summed E-state index contributed by atoms with van der Waals surface area (Å²) in [5.41, 5.74) is 6.13. The summed E-state index contributed by atoms with van der Waals surface area (Å²) in [5, 5.41) is 11.2. The number of anilines is 1. The Morgan fingerprint density at radius 2 is 1.71 bits per heavy atom. The minimum Gasteiger partial charge on any atom is -0.478 e. The van der Waals surface area contributed by atoms with E-state index in [0.717, 1.165) is 23.5 Å². The molecule has 0 fully saturated rings. The molecule has 3 aromatic rings. The molecule has 1 aliphatic carbocycles. The van der Waals surface area contributed by atoms with Crippen molar-refractivity contribution >= 4 is 35.1 Å². The predicted molar refractivity (Wildman–Crippen MR) is 122 cm³/mol. The summed E-state index contributed by atoms with van der Waals surface area (Å²) in [4.78, 5) is 35.8. The molecule has 3 aromatic carbocycles. The van der Waals surface area contributed by atoms with Gasteiger partial charge in [-0.1, -0.05) is 42.5 Å². The first-order valence-corrected chi connectivity index (χ1v) is 10.7. The molecule has 31 heavy (non-hydrogen) atoms. The number of nitrogens with one attached hydrogen (secondary N) is 1. The Bertz CT molecular complexity index is 1220. The zero-order valence-corrected chi connectivity index (χ0v) is 17.3. The number of rotatable bonds is 7. The van der Waals surface area contributed by atoms with Crippen molar-refractivity contribution in [2.24, 2.45) is 0 Å². The summed E-state index contributed by atoms with van der Waals surface area (Å²) < 4.78 is 0. The van der Waals surface area contributed by atoms with Gasteiger partial charge in [-0.25, -0.2) is 4.79 Å². The Balaban J connectivity index is 1.39. The second-order valence-electron chi connectivity index (χ2n) is 7.11. The minimum atomic E-state index is -1.19. The van der Waals surface area contributed by atoms with Crippen molar-refractivity contribution in [1.82, 2.24) is 0 Å². The first kappa shape index (κ1) is 20.6. The van der Waals surface area contributed by atoms with Gasteiger partial charge in [0.05, 0.1) is 5.75 Å². The van der Waals surface area contributed by atoms with Gasteiger partial charge < -0.3 is 10.4 Å². The Morgan fingerprint density at radius 3 is 2.55 bits per heavy atom. The Morgan fingerprint density at radius 1 is 0.903 bits per heavy atom. The number of hydrogen-bond acceptors (Lipinski definition) is 4. The fourth-order valence-electron chi connectivity index (χ4n) is 3.55. The van der Waals surface area contributed by atoms with E-state index in [-0.39, 0.29) is 11.5 Å². The number of carboxylic acids is 1. The van der Waals surface area contributed by atoms with Gasteiger partial charge in [0.25, 0.3) is 0 Å². The van der Waals surface area contributed by atoms with Crippen molar-refractivity contribution < 1.29 is 19.5 Å². The van der Waals surface area contributed by atoms with E-state index in [1.165, 1.54) is 34.0 Å². The lowest BCUT2D eigenvalue weighted by molar-refractivity contribution is -0.131. The van der Waals surface area contributed by atoms with Crippen LogP contribution in [-0.2, 0) is 16.0 Å². The summed E-state index contributed by atoms with van der Waals surface area (Å²) in [6, 6.07) is 21.3. The van der Waals surface area contributed by atoms with E-state index in [1.807, 2.05) is 36.4 Å². The number of hydrogen-bond donors (Lipinski definition) is 2. The molecule has 0 atom stereocenters. The third-order valence-corrected chi connectivity index (χ3v) is 5.96. The highest BCUT2D eigenvalue weighted by Gasteiger charge is 2.19. The molecule has 4 rings (SSSR count). The van der Waals surface area contributed by atoms with Gasteiger partial charge in [-0.15, -0.1) is 11.8 Å². The SMILES string of the molecule is O=C(O)/C=C/C(=O)Nc1cccc(SCC(=O)c2ccc3c(c2)Cc2ccccc2-3)c1. The highest BCUT2D eigenvalue weighted by molar-refractivity contribution is 8.00. The maximum absolute atomic E-state index is 12.7. The molecule has 0 bridgehead atoms. The van der Waals surface area contributed by atoms with Gasteiger partial charge in [-0.2, -0.15) is 0 Å². The first-order chi connectivity index (χ1) is 15.0. The lowest BCUT2D eigenvalue weighted by atomic mass is 10.0. The van der Waals surface area contributed by atoms with Crippen LogP contribution in [0.15, 0.2) is 83.8 Å². The molecule has 1 amide bonds. The molecule has 5 nitrogen and oxygen atoms in total. The Labute approximate surface area is 183 Å². The summed E-state index contributed by atoms with van der Waals surface area (Å²) in [7, 11) is 0. The standard InChI is InChI=1S/C25H19NO4S/c27-23(17-8-9-22-18(13-17)12-16-4-1-2-7-21(16)22)15-31-20-6-3-5-19(14-20)26-24(28)10-11-25(29)30/h1-11,13-14H,12,15H2,(H,26,28)(H,29,30)/b11-10+. The molecule has 0 aromatic heterocycles. The van der Waals surface area contributed by atoms with Crippen LogP contribution in [0.1, 0.15) is 21.5 Å². The number of amides is 1. The predicted octanol–water partition coefficient (Wildman–Crippen LogP) is 4.81. The molecule has 0 aliphatic heterocycles. The maximum atomic E-state index is 12.7. The van der Waals surface area contributed by atoms with Crippen molar-refractivity contribution in [2.45, 2.75) is 11.3 Å². The fourth-order valence-corrected chi connectivity index (χ4v) is 4.39. The lowest BCUT2D eigenvalue weighted by Gasteiger charge is -2.07. The van der Waals surface area contributed by atoms with Gasteiger partial charge in [0.15, 0.2) is 5.78 Å². The van der Waals surface area contributed by atoms with Crippen molar-refractivity contribution in [2.75, 3.05) is 11.1 Å². The van der Waals surface area contributed by atoms with Crippen molar-refractivity contribution in [3.05, 3.63) is 95.6 Å². The van der Waals surface area contributed by atoms with E-state index < -0.39 is 11.9 Å². The molecular formula is C25H19NO4S. The number of fused-ring (bicyclic) bond motifs is 3. The van der Waals surface area contributed by atoms with Crippen LogP contribution in [0.3, 0.4) is 0 Å². The van der Waals surface area contributed by atoms with Crippen LogP contribution in [0.25, 0.3) is 11.1 Å². The zero-order chi connectivity index (χ0) is 21.8. The quantitative estimate of drug-likeness (QED) is 0.250. The summed E-state index contributed by atoms with van der Waals surface area (Å²) in [6.45, 7) is 0. The van der Waals surface area contributed by atoms with Crippen LogP contribution in [-0.4, -0.2) is 28.5 Å². The lowest BCUT2D eigenvalue weighted by Crippen LogP contribution is -2.08. The van der Waals surface area contributed by atoms with Gasteiger partial charge in [-0.3, -0.25) is 9.59 Å². The van der Waals surface area contributed by atoms with E-state index in [4.69, 9.17) is 5.11 Å². The summed E-state index contributed by atoms with van der Waals surface area (Å²) >= 11 is 1.39. The number of carbonyl (C=O) groups is 3. The molecule has 6 heteroatoms. The normalized spacial score (nSPS) is 11.7. The molecule has 0 unspecified atom stereocenters. The number of Topliss-reactive ketones (excluding diaryl/α,β-unsaturated/α-hetero) is 1. The van der Waals surface area contributed by atoms with E-state index in [1.54, 1.807) is 18.2 Å². The molecule has 0 saturated heterocycles. The van der Waals surface area contributed by atoms with Gasteiger partial charge in [0.1, 0.15) is 0 Å². The average Bonchev–Trinajstić information content (AvgIpc) is 3.14. The molecule has 0 spiro atoms. The Kier molecular flexibility index (Phi) is 6.00. The molecule has 2 N–H and O–H groups in total. The topological polar surface area (TPSA) is 83.5 Å². The van der Waals surface area contributed by atoms with Crippen LogP contribution >= 0.6 is 11.8 Å². The monoisotopic (exact) mass is 429 g/mol. The molecule has 1 aliphatic rings. The number of carbonyl (C=O) groups excluding carboxylic acids is 2. The van der Waals surface area contributed by atoms with E-state index in [9.17, 15) is 14.4 Å². The third-order valence-electron chi connectivity index (χ3n) is 4.96. The van der Waals surface area contributed by atoms with Gasteiger partial charge in [0.2, 0.25) is 5.91 Å². The molecular weight excluding hydrogens is 410 g/mol. The number of ketones is 1. The second kappa shape index (κ2) is 9.02. The summed E-state index contributed by atoms with van der Waals surface area (Å²) in [5.74, 6) is -1.39. The number of thioether (sulfide) groups is 1. The first-order valence-electron chi connectivity index (χ1n) is 9.69. The smallest absolute Gasteiger partial charge is 0.328 e. The number of aliphatic carboxylic acids is 1. The molecule has 154 valence electrons. The number of carboxylic acid groups (broad SMARTS) is 1. The van der Waals surface area contributed by atoms with Gasteiger partial charge in [-0.05, 0) is 52.9 Å². The van der Waals surface area contributed by atoms with Crippen molar-refractivity contribution in [3.8, 4) is 11.1 Å². The highest BCUT2D eigenvalue weighted by atomic mass is 32.2. The van der Waals surface area contributed by atoms with Crippen LogP contribution < -0.4 is 5.32 Å². The average molecular weight is 429 g/mol. The minimum absolute atomic E-state index is 0.0441. The van der Waals surface area contributed by atoms with Gasteiger partial charge in [0, 0.05) is 28.3 Å². The van der Waals surface area contributed by atoms with Gasteiger partial charge >= 0.3 is 5.97 Å². The van der Waals surface area contributed by atoms with E-state index in [0.29, 0.717) is 11.3 Å². The van der Waals surface area contributed by atoms with Crippen molar-refractivity contribution in [3.63, 3.8) is 0 Å². The molecule has 0 radical (unpaired) electrons. The molecule has 0 saturated carbocycles. The largest absolute Gasteiger partial charge is 0.478 e. The van der Waals surface area contributed by atoms with Crippen molar-refractivity contribution in [1.29, 1.82) is 0 Å². The summed E-state index contributed by atoms with van der Waals surface area (Å²) in [6.07, 6.45) is 2.58. The van der Waals surface area contributed by atoms with Crippen LogP contribution in [0.4, 0.5) is 5.69 Å². The van der Waals surface area contributed by atoms with Crippen LogP contribution in [0.2, 0.25) is 0 Å². The number of benzene rings is 3. The zero-order valence-electron chi connectivity index (χ0n) is 16.5. The third kappa shape index (κ3) is 4.92. The van der Waals surface area contributed by atoms with E-state index >= 15 is 0 Å². The highest BCUT2D eigenvalue weighted by Crippen LogP contribution is 2.37. The fraction of sp³-hybridized carbons (Fsp3) is 0.0800. The van der Waals surface area contributed by atoms with Crippen LogP contribution in [0, 0.1) is 0 Å². The maximum Gasteiger partial charge on any atom is 0.328 e. The molecule has 0 heterocycles.